The summed E-state index contributed by atoms with van der Waals surface area (Å²) in [4.78, 5) is 16.5. The molecule has 0 N–H and O–H groups in total. The third-order valence-electron chi connectivity index (χ3n) is 2.11. The van der Waals surface area contributed by atoms with E-state index < -0.39 is 11.6 Å². The van der Waals surface area contributed by atoms with Crippen molar-refractivity contribution in [2.45, 2.75) is 32.3 Å². The molecule has 1 heterocycles. The lowest BCUT2D eigenvalue weighted by Gasteiger charge is -2.20. The molecule has 74 valence electrons. The molecule has 0 saturated heterocycles. The van der Waals surface area contributed by atoms with Gasteiger partial charge in [0.1, 0.15) is 0 Å². The molecule has 0 aromatic carbocycles. The molecule has 0 aromatic rings. The van der Waals surface area contributed by atoms with Gasteiger partial charge in [-0.2, -0.15) is 0 Å². The maximum atomic E-state index is 11.2. The van der Waals surface area contributed by atoms with Gasteiger partial charge in [0.25, 0.3) is 0 Å². The number of methoxy groups -OCH3 is 1. The van der Waals surface area contributed by atoms with Crippen LogP contribution >= 0.6 is 0 Å². The molecule has 13 heavy (non-hydrogen) atoms. The number of esters is 1. The molecule has 0 saturated carbocycles. The zero-order chi connectivity index (χ0) is 10.1. The lowest BCUT2D eigenvalue weighted by molar-refractivity contribution is -0.747. The standard InChI is InChI=1S/C8H13NO4/c1-4-6-5-8(2,7(10)12-3)13-9(6)11/h4-5H2,1-3H3. The third kappa shape index (κ3) is 1.59. The molecule has 1 aliphatic heterocycles. The van der Waals surface area contributed by atoms with E-state index in [4.69, 9.17) is 4.84 Å². The second kappa shape index (κ2) is 3.24. The number of hydrogen-bond acceptors (Lipinski definition) is 4. The largest absolute Gasteiger partial charge is 0.468 e. The average molecular weight is 187 g/mol. The van der Waals surface area contributed by atoms with Crippen molar-refractivity contribution in [2.75, 3.05) is 7.11 Å². The van der Waals surface area contributed by atoms with E-state index >= 15 is 0 Å². The second-order valence-electron chi connectivity index (χ2n) is 3.17. The minimum atomic E-state index is -1.14. The summed E-state index contributed by atoms with van der Waals surface area (Å²) >= 11 is 0. The molecule has 1 aliphatic rings. The van der Waals surface area contributed by atoms with Gasteiger partial charge in [0, 0.05) is 11.3 Å². The van der Waals surface area contributed by atoms with Crippen molar-refractivity contribution >= 4 is 11.7 Å². The maximum Gasteiger partial charge on any atom is 0.328 e. The van der Waals surface area contributed by atoms with Crippen LogP contribution in [0.3, 0.4) is 0 Å². The van der Waals surface area contributed by atoms with Crippen molar-refractivity contribution in [2.24, 2.45) is 0 Å². The van der Waals surface area contributed by atoms with Crippen LogP contribution in [0.2, 0.25) is 0 Å². The molecule has 0 radical (unpaired) electrons. The minimum Gasteiger partial charge on any atom is -0.468 e. The van der Waals surface area contributed by atoms with Crippen LogP contribution in [-0.2, 0) is 14.4 Å². The first-order valence-corrected chi connectivity index (χ1v) is 4.13. The Morgan fingerprint density at radius 3 is 2.85 bits per heavy atom. The minimum absolute atomic E-state index is 0.305. The van der Waals surface area contributed by atoms with E-state index in [1.54, 1.807) is 6.92 Å². The highest BCUT2D eigenvalue weighted by atomic mass is 16.9. The summed E-state index contributed by atoms with van der Waals surface area (Å²) in [6.45, 7) is 3.39. The quantitative estimate of drug-likeness (QED) is 0.469. The maximum absolute atomic E-state index is 11.2. The van der Waals surface area contributed by atoms with E-state index in [2.05, 4.69) is 4.74 Å². The third-order valence-corrected chi connectivity index (χ3v) is 2.11. The lowest BCUT2D eigenvalue weighted by atomic mass is 9.99. The first kappa shape index (κ1) is 9.83. The van der Waals surface area contributed by atoms with Gasteiger partial charge in [-0.3, -0.25) is 10.0 Å². The SMILES string of the molecule is CCC1=[N+]([O-])OC(C)(C(=O)OC)C1. The Labute approximate surface area is 76.5 Å². The van der Waals surface area contributed by atoms with E-state index in [-0.39, 0.29) is 0 Å². The first-order valence-electron chi connectivity index (χ1n) is 4.13. The van der Waals surface area contributed by atoms with E-state index in [9.17, 15) is 10.0 Å². The summed E-state index contributed by atoms with van der Waals surface area (Å²) in [7, 11) is 1.27. The number of nitrogens with zero attached hydrogens (tertiary/aromatic N) is 1. The van der Waals surface area contributed by atoms with Gasteiger partial charge in [-0.1, -0.05) is 6.92 Å². The number of carbonyl (C=O) groups is 1. The molecule has 1 unspecified atom stereocenters. The van der Waals surface area contributed by atoms with Crippen molar-refractivity contribution < 1.29 is 19.3 Å². The van der Waals surface area contributed by atoms with Crippen LogP contribution in [0.1, 0.15) is 26.7 Å². The summed E-state index contributed by atoms with van der Waals surface area (Å²) in [6.07, 6.45) is 0.885. The van der Waals surface area contributed by atoms with Crippen LogP contribution in [0.15, 0.2) is 0 Å². The van der Waals surface area contributed by atoms with Crippen LogP contribution in [-0.4, -0.2) is 29.3 Å². The molecule has 5 heteroatoms. The van der Waals surface area contributed by atoms with Crippen LogP contribution in [0.25, 0.3) is 0 Å². The van der Waals surface area contributed by atoms with E-state index in [1.165, 1.54) is 7.11 Å². The van der Waals surface area contributed by atoms with Crippen molar-refractivity contribution in [3.05, 3.63) is 5.21 Å². The number of carbonyl (C=O) groups excluding carboxylic acids is 1. The van der Waals surface area contributed by atoms with Crippen molar-refractivity contribution in [3.8, 4) is 0 Å². The zero-order valence-electron chi connectivity index (χ0n) is 7.99. The van der Waals surface area contributed by atoms with E-state index in [0.717, 1.165) is 0 Å². The topological polar surface area (TPSA) is 61.6 Å². The Kier molecular flexibility index (Phi) is 2.45. The van der Waals surface area contributed by atoms with Gasteiger partial charge >= 0.3 is 5.97 Å². The van der Waals surface area contributed by atoms with Gasteiger partial charge in [0.2, 0.25) is 5.71 Å². The molecule has 0 aliphatic carbocycles. The van der Waals surface area contributed by atoms with Crippen molar-refractivity contribution in [1.29, 1.82) is 0 Å². The smallest absolute Gasteiger partial charge is 0.328 e. The predicted molar refractivity (Wildman–Crippen MR) is 45.0 cm³/mol. The van der Waals surface area contributed by atoms with Gasteiger partial charge in [-0.05, 0) is 6.92 Å². The molecule has 0 spiro atoms. The van der Waals surface area contributed by atoms with Crippen LogP contribution < -0.4 is 0 Å². The molecule has 1 rings (SSSR count). The molecule has 1 atom stereocenters. The Morgan fingerprint density at radius 1 is 1.85 bits per heavy atom. The van der Waals surface area contributed by atoms with Gasteiger partial charge in [-0.15, -0.1) is 0 Å². The molecular formula is C8H13NO4. The molecule has 0 bridgehead atoms. The number of ether oxygens (including phenoxy) is 1. The fraction of sp³-hybridized carbons (Fsp3) is 0.750. The zero-order valence-corrected chi connectivity index (χ0v) is 7.99. The van der Waals surface area contributed by atoms with Crippen LogP contribution in [0, 0.1) is 5.21 Å². The van der Waals surface area contributed by atoms with Crippen molar-refractivity contribution in [3.63, 3.8) is 0 Å². The molecular weight excluding hydrogens is 174 g/mol. The monoisotopic (exact) mass is 187 g/mol. The molecule has 0 amide bonds. The highest BCUT2D eigenvalue weighted by molar-refractivity contribution is 5.90. The van der Waals surface area contributed by atoms with E-state index in [1.807, 2.05) is 6.92 Å². The Bertz CT molecular complexity index is 261. The number of rotatable bonds is 2. The lowest BCUT2D eigenvalue weighted by Crippen LogP contribution is -2.37. The Morgan fingerprint density at radius 2 is 2.46 bits per heavy atom. The van der Waals surface area contributed by atoms with Crippen LogP contribution in [0.4, 0.5) is 0 Å². The normalized spacial score (nSPS) is 27.3. The van der Waals surface area contributed by atoms with Gasteiger partial charge in [-0.25, -0.2) is 0 Å². The summed E-state index contributed by atoms with van der Waals surface area (Å²) in [5.74, 6) is -0.517. The Balaban J connectivity index is 2.77. The van der Waals surface area contributed by atoms with Crippen molar-refractivity contribution in [1.82, 2.24) is 0 Å². The molecule has 0 fully saturated rings. The highest BCUT2D eigenvalue weighted by Crippen LogP contribution is 2.25. The van der Waals surface area contributed by atoms with Gasteiger partial charge in [0.15, 0.2) is 5.60 Å². The fourth-order valence-corrected chi connectivity index (χ4v) is 1.31. The van der Waals surface area contributed by atoms with Crippen LogP contribution in [0.5, 0.6) is 0 Å². The predicted octanol–water partition coefficient (Wildman–Crippen LogP) is 0.615. The summed E-state index contributed by atoms with van der Waals surface area (Å²) < 4.78 is 4.54. The van der Waals surface area contributed by atoms with E-state index in [0.29, 0.717) is 23.5 Å². The number of hydrogen-bond donors (Lipinski definition) is 0. The molecule has 5 nitrogen and oxygen atoms in total. The fourth-order valence-electron chi connectivity index (χ4n) is 1.31. The highest BCUT2D eigenvalue weighted by Gasteiger charge is 2.44. The first-order chi connectivity index (χ1) is 6.03. The summed E-state index contributed by atoms with van der Waals surface area (Å²) in [5.41, 5.74) is -0.574. The Hall–Kier alpha value is -1.26. The van der Waals surface area contributed by atoms with Gasteiger partial charge < -0.3 is 9.57 Å². The second-order valence-corrected chi connectivity index (χ2v) is 3.17. The van der Waals surface area contributed by atoms with Gasteiger partial charge in [0.05, 0.1) is 13.5 Å². The summed E-state index contributed by atoms with van der Waals surface area (Å²) in [6, 6.07) is 0. The average Bonchev–Trinajstić information content (AvgIpc) is 2.41. The molecule has 0 aromatic heterocycles. The summed E-state index contributed by atoms with van der Waals surface area (Å²) in [5, 5.41) is 11.1.